The summed E-state index contributed by atoms with van der Waals surface area (Å²) in [6, 6.07) is 13.2. The number of amides is 3. The predicted molar refractivity (Wildman–Crippen MR) is 139 cm³/mol. The number of nitrogens with one attached hydrogen (secondary N) is 2. The van der Waals surface area contributed by atoms with Crippen molar-refractivity contribution in [2.24, 2.45) is 0 Å². The summed E-state index contributed by atoms with van der Waals surface area (Å²) < 4.78 is 7.02. The van der Waals surface area contributed by atoms with Crippen LogP contribution in [0.15, 0.2) is 48.8 Å². The van der Waals surface area contributed by atoms with Gasteiger partial charge >= 0.3 is 0 Å². The minimum Gasteiger partial charge on any atom is -0.496 e. The lowest BCUT2D eigenvalue weighted by atomic mass is 9.93. The average Bonchev–Trinajstić information content (AvgIpc) is 3.61. The van der Waals surface area contributed by atoms with E-state index in [1.54, 1.807) is 23.5 Å². The molecule has 3 aromatic rings. The Kier molecular flexibility index (Phi) is 6.23. The number of aryl methyl sites for hydroxylation is 2. The summed E-state index contributed by atoms with van der Waals surface area (Å²) in [7, 11) is 1.59. The van der Waals surface area contributed by atoms with E-state index in [1.807, 2.05) is 56.3 Å². The van der Waals surface area contributed by atoms with E-state index < -0.39 is 11.4 Å². The fourth-order valence-electron chi connectivity index (χ4n) is 5.07. The van der Waals surface area contributed by atoms with E-state index in [0.29, 0.717) is 11.4 Å². The molecule has 1 aromatic heterocycles. The van der Waals surface area contributed by atoms with Gasteiger partial charge in [-0.2, -0.15) is 0 Å². The smallest absolute Gasteiger partial charge is 0.276 e. The SMILES string of the molecule is COc1ccccc1CNC(=O)[C@]1(C)Cn2cnc(C(=O)Nc3ccc(C)cc3C)c2C(=O)N1C1CC1. The molecule has 2 heterocycles. The van der Waals surface area contributed by atoms with Gasteiger partial charge in [0.05, 0.1) is 20.0 Å². The first-order valence-corrected chi connectivity index (χ1v) is 12.4. The van der Waals surface area contributed by atoms with E-state index in [0.717, 1.165) is 29.5 Å². The van der Waals surface area contributed by atoms with E-state index in [4.69, 9.17) is 4.74 Å². The van der Waals surface area contributed by atoms with Crippen LogP contribution in [0.1, 0.15) is 57.4 Å². The van der Waals surface area contributed by atoms with Crippen LogP contribution in [0.2, 0.25) is 0 Å². The van der Waals surface area contributed by atoms with Gasteiger partial charge < -0.3 is 24.8 Å². The van der Waals surface area contributed by atoms with Crippen LogP contribution in [0.3, 0.4) is 0 Å². The predicted octanol–water partition coefficient (Wildman–Crippen LogP) is 3.45. The Bertz CT molecular complexity index is 1390. The van der Waals surface area contributed by atoms with Crippen LogP contribution in [0.4, 0.5) is 5.69 Å². The van der Waals surface area contributed by atoms with Crippen LogP contribution in [-0.2, 0) is 17.9 Å². The summed E-state index contributed by atoms with van der Waals surface area (Å²) in [5, 5.41) is 5.88. The molecule has 5 rings (SSSR count). The Morgan fingerprint density at radius 3 is 2.62 bits per heavy atom. The van der Waals surface area contributed by atoms with Gasteiger partial charge in [0.2, 0.25) is 5.91 Å². The normalized spacial score (nSPS) is 18.8. The monoisotopic (exact) mass is 501 g/mol. The van der Waals surface area contributed by atoms with Crippen molar-refractivity contribution in [3.63, 3.8) is 0 Å². The fourth-order valence-corrected chi connectivity index (χ4v) is 5.07. The second kappa shape index (κ2) is 9.38. The van der Waals surface area contributed by atoms with Gasteiger partial charge in [-0.1, -0.05) is 35.9 Å². The zero-order chi connectivity index (χ0) is 26.3. The molecule has 9 nitrogen and oxygen atoms in total. The van der Waals surface area contributed by atoms with Gasteiger partial charge in [-0.15, -0.1) is 0 Å². The summed E-state index contributed by atoms with van der Waals surface area (Å²) in [6.07, 6.45) is 3.11. The number of benzene rings is 2. The molecule has 0 bridgehead atoms. The lowest BCUT2D eigenvalue weighted by Gasteiger charge is -2.44. The fraction of sp³-hybridized carbons (Fsp3) is 0.357. The number of imidazole rings is 1. The maximum absolute atomic E-state index is 13.8. The molecule has 37 heavy (non-hydrogen) atoms. The molecular weight excluding hydrogens is 470 g/mol. The Balaban J connectivity index is 1.41. The highest BCUT2D eigenvalue weighted by Crippen LogP contribution is 2.39. The molecule has 1 saturated carbocycles. The summed E-state index contributed by atoms with van der Waals surface area (Å²) in [4.78, 5) is 46.5. The standard InChI is InChI=1S/C28H31N5O4/c1-17-9-12-21(18(2)13-17)31-25(34)23-24-26(35)33(20-10-11-20)28(3,15-32(24)16-30-23)27(36)29-14-19-7-5-6-8-22(19)37-4/h5-9,12-13,16,20H,10-11,14-15H2,1-4H3,(H,29,36)(H,31,34)/t28-/m0/s1. The first-order chi connectivity index (χ1) is 17.7. The number of carbonyl (C=O) groups excluding carboxylic acids is 3. The van der Waals surface area contributed by atoms with E-state index in [9.17, 15) is 14.4 Å². The molecule has 2 aromatic carbocycles. The highest BCUT2D eigenvalue weighted by Gasteiger charge is 2.53. The molecule has 2 N–H and O–H groups in total. The van der Waals surface area contributed by atoms with E-state index in [1.165, 1.54) is 6.33 Å². The van der Waals surface area contributed by atoms with Crippen molar-refractivity contribution in [1.29, 1.82) is 0 Å². The number of carbonyl (C=O) groups is 3. The molecule has 0 saturated heterocycles. The summed E-state index contributed by atoms with van der Waals surface area (Å²) in [6.45, 7) is 6.15. The van der Waals surface area contributed by atoms with E-state index in [-0.39, 0.29) is 42.3 Å². The van der Waals surface area contributed by atoms with Crippen molar-refractivity contribution in [2.75, 3.05) is 12.4 Å². The van der Waals surface area contributed by atoms with Gasteiger partial charge in [-0.3, -0.25) is 14.4 Å². The number of aromatic nitrogens is 2. The number of ether oxygens (including phenoxy) is 1. The quantitative estimate of drug-likeness (QED) is 0.516. The van der Waals surface area contributed by atoms with Gasteiger partial charge in [0.1, 0.15) is 17.0 Å². The molecular formula is C28H31N5O4. The Morgan fingerprint density at radius 1 is 1.16 bits per heavy atom. The van der Waals surface area contributed by atoms with Crippen LogP contribution in [-0.4, -0.2) is 50.9 Å². The highest BCUT2D eigenvalue weighted by molar-refractivity contribution is 6.12. The van der Waals surface area contributed by atoms with Gasteiger partial charge in [0.15, 0.2) is 5.69 Å². The number of fused-ring (bicyclic) bond motifs is 1. The third-order valence-corrected chi connectivity index (χ3v) is 7.15. The molecule has 0 spiro atoms. The zero-order valence-electron chi connectivity index (χ0n) is 21.5. The molecule has 9 heteroatoms. The summed E-state index contributed by atoms with van der Waals surface area (Å²) in [5.74, 6) is -0.386. The van der Waals surface area contributed by atoms with Crippen molar-refractivity contribution < 1.29 is 19.1 Å². The van der Waals surface area contributed by atoms with Crippen LogP contribution in [0, 0.1) is 13.8 Å². The average molecular weight is 502 g/mol. The molecule has 2 aliphatic rings. The first-order valence-electron chi connectivity index (χ1n) is 12.4. The highest BCUT2D eigenvalue weighted by atomic mass is 16.5. The molecule has 1 aliphatic carbocycles. The Morgan fingerprint density at radius 2 is 1.92 bits per heavy atom. The van der Waals surface area contributed by atoms with Crippen LogP contribution < -0.4 is 15.4 Å². The van der Waals surface area contributed by atoms with Crippen molar-refractivity contribution in [3.05, 3.63) is 76.9 Å². The third kappa shape index (κ3) is 4.45. The molecule has 0 unspecified atom stereocenters. The molecule has 1 aliphatic heterocycles. The van der Waals surface area contributed by atoms with Crippen molar-refractivity contribution in [3.8, 4) is 5.75 Å². The second-order valence-electron chi connectivity index (χ2n) is 10.0. The molecule has 0 radical (unpaired) electrons. The maximum atomic E-state index is 13.8. The molecule has 1 fully saturated rings. The van der Waals surface area contributed by atoms with E-state index >= 15 is 0 Å². The number of methoxy groups -OCH3 is 1. The number of hydrogen-bond acceptors (Lipinski definition) is 5. The molecule has 192 valence electrons. The van der Waals surface area contributed by atoms with Gasteiger partial charge in [0.25, 0.3) is 11.8 Å². The minimum absolute atomic E-state index is 0.0478. The van der Waals surface area contributed by atoms with Crippen molar-refractivity contribution in [2.45, 2.75) is 58.3 Å². The van der Waals surface area contributed by atoms with Crippen molar-refractivity contribution >= 4 is 23.4 Å². The lowest BCUT2D eigenvalue weighted by Crippen LogP contribution is -2.64. The van der Waals surface area contributed by atoms with Gasteiger partial charge in [-0.25, -0.2) is 4.98 Å². The Labute approximate surface area is 215 Å². The number of para-hydroxylation sites is 1. The van der Waals surface area contributed by atoms with Crippen molar-refractivity contribution in [1.82, 2.24) is 19.8 Å². The van der Waals surface area contributed by atoms with Crippen LogP contribution in [0.25, 0.3) is 0 Å². The van der Waals surface area contributed by atoms with Crippen LogP contribution >= 0.6 is 0 Å². The third-order valence-electron chi connectivity index (χ3n) is 7.15. The zero-order valence-corrected chi connectivity index (χ0v) is 21.5. The van der Waals surface area contributed by atoms with Gasteiger partial charge in [0, 0.05) is 23.8 Å². The number of nitrogens with zero attached hydrogens (tertiary/aromatic N) is 3. The topological polar surface area (TPSA) is 106 Å². The van der Waals surface area contributed by atoms with Crippen LogP contribution in [0.5, 0.6) is 5.75 Å². The number of rotatable bonds is 7. The second-order valence-corrected chi connectivity index (χ2v) is 10.0. The number of hydrogen-bond donors (Lipinski definition) is 2. The molecule has 1 atom stereocenters. The first kappa shape index (κ1) is 24.5. The van der Waals surface area contributed by atoms with Gasteiger partial charge in [-0.05, 0) is 51.3 Å². The number of anilines is 1. The Hall–Kier alpha value is -4.14. The van der Waals surface area contributed by atoms with E-state index in [2.05, 4.69) is 15.6 Å². The molecule has 3 amide bonds. The summed E-state index contributed by atoms with van der Waals surface area (Å²) >= 11 is 0. The summed E-state index contributed by atoms with van der Waals surface area (Å²) in [5.41, 5.74) is 2.67. The maximum Gasteiger partial charge on any atom is 0.276 e. The minimum atomic E-state index is -1.13. The largest absolute Gasteiger partial charge is 0.496 e. The lowest BCUT2D eigenvalue weighted by molar-refractivity contribution is -0.133.